The third-order valence-corrected chi connectivity index (χ3v) is 5.35. The molecule has 4 aromatic rings. The molecule has 0 aliphatic carbocycles. The van der Waals surface area contributed by atoms with Gasteiger partial charge in [0.1, 0.15) is 5.01 Å². The molecule has 2 aromatic heterocycles. The molecule has 0 unspecified atom stereocenters. The van der Waals surface area contributed by atoms with Crippen LogP contribution in [0, 0.1) is 0 Å². The van der Waals surface area contributed by atoms with Crippen molar-refractivity contribution >= 4 is 33.1 Å². The van der Waals surface area contributed by atoms with E-state index in [-0.39, 0.29) is 11.5 Å². The third-order valence-electron chi connectivity index (χ3n) is 3.97. The molecule has 0 fully saturated rings. The maximum atomic E-state index is 13.0. The summed E-state index contributed by atoms with van der Waals surface area (Å²) in [6.07, 6.45) is -4.46. The first-order valence-corrected chi connectivity index (χ1v) is 9.61. The zero-order chi connectivity index (χ0) is 19.9. The molecule has 0 atom stereocenters. The van der Waals surface area contributed by atoms with Crippen LogP contribution in [0.25, 0.3) is 27.6 Å². The number of rotatable bonds is 3. The van der Waals surface area contributed by atoms with Crippen LogP contribution in [0.4, 0.5) is 19.0 Å². The van der Waals surface area contributed by atoms with Gasteiger partial charge in [-0.2, -0.15) is 17.9 Å². The van der Waals surface area contributed by atoms with Gasteiger partial charge in [0.15, 0.2) is 11.5 Å². The molecule has 28 heavy (non-hydrogen) atoms. The molecule has 0 radical (unpaired) electrons. The van der Waals surface area contributed by atoms with Crippen LogP contribution in [0.3, 0.4) is 0 Å². The minimum absolute atomic E-state index is 0.121. The van der Waals surface area contributed by atoms with E-state index in [0.29, 0.717) is 10.7 Å². The fourth-order valence-corrected chi connectivity index (χ4v) is 3.67. The Morgan fingerprint density at radius 2 is 1.82 bits per heavy atom. The van der Waals surface area contributed by atoms with E-state index in [9.17, 15) is 13.2 Å². The number of anilines is 1. The van der Waals surface area contributed by atoms with Gasteiger partial charge in [-0.1, -0.05) is 39.3 Å². The van der Waals surface area contributed by atoms with E-state index in [1.807, 2.05) is 29.6 Å². The van der Waals surface area contributed by atoms with Gasteiger partial charge < -0.3 is 5.73 Å². The summed E-state index contributed by atoms with van der Waals surface area (Å²) in [5, 5.41) is 10.3. The monoisotopic (exact) mass is 465 g/mol. The average Bonchev–Trinajstić information content (AvgIpc) is 3.28. The molecule has 0 aliphatic heterocycles. The SMILES string of the molecule is Nc1c(-c2nc(-c3ccc(Br)cc3)cs2)nnn1-c1cccc(C(F)(F)F)c1. The van der Waals surface area contributed by atoms with Crippen LogP contribution in [-0.4, -0.2) is 20.0 Å². The highest BCUT2D eigenvalue weighted by molar-refractivity contribution is 9.10. The van der Waals surface area contributed by atoms with E-state index >= 15 is 0 Å². The summed E-state index contributed by atoms with van der Waals surface area (Å²) >= 11 is 4.72. The molecular weight excluding hydrogens is 455 g/mol. The fourth-order valence-electron chi connectivity index (χ4n) is 2.58. The van der Waals surface area contributed by atoms with Crippen molar-refractivity contribution < 1.29 is 13.2 Å². The number of aromatic nitrogens is 4. The standard InChI is InChI=1S/C18H11BrF3N5S/c19-12-6-4-10(5-7-12)14-9-28-17(24-14)15-16(23)27(26-25-15)13-3-1-2-11(8-13)18(20,21)22/h1-9H,23H2. The second-order valence-corrected chi connectivity index (χ2v) is 7.60. The molecule has 2 heterocycles. The van der Waals surface area contributed by atoms with E-state index in [0.717, 1.165) is 27.9 Å². The number of hydrogen-bond donors (Lipinski definition) is 1. The molecule has 2 aromatic carbocycles. The van der Waals surface area contributed by atoms with Crippen molar-refractivity contribution in [2.45, 2.75) is 6.18 Å². The molecule has 2 N–H and O–H groups in total. The van der Waals surface area contributed by atoms with Gasteiger partial charge in [0, 0.05) is 15.4 Å². The Kier molecular flexibility index (Phi) is 4.68. The van der Waals surface area contributed by atoms with E-state index in [4.69, 9.17) is 5.73 Å². The maximum absolute atomic E-state index is 13.0. The van der Waals surface area contributed by atoms with Gasteiger partial charge in [0.05, 0.1) is 16.9 Å². The van der Waals surface area contributed by atoms with Crippen molar-refractivity contribution in [3.8, 4) is 27.6 Å². The van der Waals surface area contributed by atoms with E-state index in [1.54, 1.807) is 0 Å². The number of hydrogen-bond acceptors (Lipinski definition) is 5. The zero-order valence-electron chi connectivity index (χ0n) is 14.0. The summed E-state index contributed by atoms with van der Waals surface area (Å²) < 4.78 is 41.0. The van der Waals surface area contributed by atoms with E-state index in [1.165, 1.54) is 28.2 Å². The zero-order valence-corrected chi connectivity index (χ0v) is 16.4. The smallest absolute Gasteiger partial charge is 0.382 e. The van der Waals surface area contributed by atoms with Crippen molar-refractivity contribution in [2.24, 2.45) is 0 Å². The minimum atomic E-state index is -4.46. The lowest BCUT2D eigenvalue weighted by atomic mass is 10.2. The molecule has 0 saturated heterocycles. The molecule has 0 aliphatic rings. The van der Waals surface area contributed by atoms with Crippen LogP contribution in [0.1, 0.15) is 5.56 Å². The fraction of sp³-hybridized carbons (Fsp3) is 0.0556. The Hall–Kier alpha value is -2.72. The largest absolute Gasteiger partial charge is 0.416 e. The van der Waals surface area contributed by atoms with Gasteiger partial charge >= 0.3 is 6.18 Å². The Balaban J connectivity index is 1.69. The first-order valence-electron chi connectivity index (χ1n) is 7.93. The molecule has 4 rings (SSSR count). The van der Waals surface area contributed by atoms with Crippen LogP contribution in [-0.2, 0) is 6.18 Å². The second kappa shape index (κ2) is 7.02. The predicted molar refractivity (Wildman–Crippen MR) is 105 cm³/mol. The topological polar surface area (TPSA) is 69.6 Å². The van der Waals surface area contributed by atoms with Crippen molar-refractivity contribution in [3.63, 3.8) is 0 Å². The van der Waals surface area contributed by atoms with Gasteiger partial charge in [-0.25, -0.2) is 4.98 Å². The summed E-state index contributed by atoms with van der Waals surface area (Å²) in [6, 6.07) is 12.4. The Morgan fingerprint density at radius 3 is 2.54 bits per heavy atom. The third kappa shape index (κ3) is 3.52. The molecule has 10 heteroatoms. The van der Waals surface area contributed by atoms with Crippen LogP contribution in [0.15, 0.2) is 58.4 Å². The van der Waals surface area contributed by atoms with Crippen molar-refractivity contribution in [3.05, 3.63) is 63.9 Å². The number of benzene rings is 2. The van der Waals surface area contributed by atoms with Gasteiger partial charge in [-0.3, -0.25) is 0 Å². The summed E-state index contributed by atoms with van der Waals surface area (Å²) in [4.78, 5) is 4.53. The molecule has 5 nitrogen and oxygen atoms in total. The number of thiazole rings is 1. The molecular formula is C18H11BrF3N5S. The molecule has 0 spiro atoms. The number of nitrogens with zero attached hydrogens (tertiary/aromatic N) is 4. The molecule has 142 valence electrons. The normalized spacial score (nSPS) is 11.7. The van der Waals surface area contributed by atoms with Crippen LogP contribution >= 0.6 is 27.3 Å². The van der Waals surface area contributed by atoms with E-state index < -0.39 is 11.7 Å². The highest BCUT2D eigenvalue weighted by Crippen LogP contribution is 2.34. The van der Waals surface area contributed by atoms with Crippen LogP contribution in [0.5, 0.6) is 0 Å². The average molecular weight is 466 g/mol. The van der Waals surface area contributed by atoms with Gasteiger partial charge in [-0.15, -0.1) is 16.4 Å². The highest BCUT2D eigenvalue weighted by Gasteiger charge is 2.31. The lowest BCUT2D eigenvalue weighted by Crippen LogP contribution is -2.08. The van der Waals surface area contributed by atoms with Gasteiger partial charge in [0.2, 0.25) is 0 Å². The van der Waals surface area contributed by atoms with Crippen molar-refractivity contribution in [1.82, 2.24) is 20.0 Å². The summed E-state index contributed by atoms with van der Waals surface area (Å²) in [5.74, 6) is 0.121. The molecule has 0 saturated carbocycles. The first-order chi connectivity index (χ1) is 13.3. The highest BCUT2D eigenvalue weighted by atomic mass is 79.9. The van der Waals surface area contributed by atoms with Crippen molar-refractivity contribution in [1.29, 1.82) is 0 Å². The van der Waals surface area contributed by atoms with Crippen LogP contribution < -0.4 is 5.73 Å². The Morgan fingerprint density at radius 1 is 1.07 bits per heavy atom. The summed E-state index contributed by atoms with van der Waals surface area (Å²) in [6.45, 7) is 0. The minimum Gasteiger partial charge on any atom is -0.382 e. The Bertz CT molecular complexity index is 1130. The molecule has 0 bridgehead atoms. The maximum Gasteiger partial charge on any atom is 0.416 e. The lowest BCUT2D eigenvalue weighted by Gasteiger charge is -2.09. The first kappa shape index (κ1) is 18.6. The lowest BCUT2D eigenvalue weighted by molar-refractivity contribution is -0.137. The quantitative estimate of drug-likeness (QED) is 0.438. The van der Waals surface area contributed by atoms with Crippen molar-refractivity contribution in [2.75, 3.05) is 5.73 Å². The Labute approximate surface area is 169 Å². The number of nitrogen functional groups attached to an aromatic ring is 1. The predicted octanol–water partition coefficient (Wildman–Crippen LogP) is 5.42. The number of halogens is 4. The second-order valence-electron chi connectivity index (χ2n) is 5.83. The van der Waals surface area contributed by atoms with E-state index in [2.05, 4.69) is 31.2 Å². The summed E-state index contributed by atoms with van der Waals surface area (Å²) in [7, 11) is 0. The van der Waals surface area contributed by atoms with Gasteiger partial charge in [0.25, 0.3) is 0 Å². The number of alkyl halides is 3. The van der Waals surface area contributed by atoms with Crippen LogP contribution in [0.2, 0.25) is 0 Å². The molecule has 0 amide bonds. The summed E-state index contributed by atoms with van der Waals surface area (Å²) in [5.41, 5.74) is 7.50. The van der Waals surface area contributed by atoms with Gasteiger partial charge in [-0.05, 0) is 30.3 Å². The number of nitrogens with two attached hydrogens (primary N) is 1.